The number of rotatable bonds is 2. The Bertz CT molecular complexity index is 854. The van der Waals surface area contributed by atoms with Gasteiger partial charge in [-0.05, 0) is 43.4 Å². The van der Waals surface area contributed by atoms with E-state index in [0.717, 1.165) is 31.1 Å². The largest absolute Gasteiger partial charge is 0.480 e. The van der Waals surface area contributed by atoms with Crippen LogP contribution in [0, 0.1) is 5.92 Å². The first-order chi connectivity index (χ1) is 12.0. The fourth-order valence-corrected chi connectivity index (χ4v) is 4.48. The summed E-state index contributed by atoms with van der Waals surface area (Å²) in [6.07, 6.45) is 4.57. The number of aromatic nitrogens is 1. The molecule has 3 atom stereocenters. The van der Waals surface area contributed by atoms with Crippen LogP contribution in [0.2, 0.25) is 5.02 Å². The Labute approximate surface area is 150 Å². The maximum atomic E-state index is 13.1. The zero-order valence-corrected chi connectivity index (χ0v) is 14.4. The van der Waals surface area contributed by atoms with Gasteiger partial charge in [0.25, 0.3) is 5.91 Å². The highest BCUT2D eigenvalue weighted by Gasteiger charge is 2.47. The molecule has 1 saturated heterocycles. The lowest BCUT2D eigenvalue weighted by Crippen LogP contribution is -2.46. The minimum atomic E-state index is -0.924. The van der Waals surface area contributed by atoms with Crippen molar-refractivity contribution in [2.45, 2.75) is 44.2 Å². The topological polar surface area (TPSA) is 70.5 Å². The van der Waals surface area contributed by atoms with Crippen LogP contribution in [0.3, 0.4) is 0 Å². The molecule has 25 heavy (non-hydrogen) atoms. The van der Waals surface area contributed by atoms with Crippen LogP contribution in [0.5, 0.6) is 0 Å². The Kier molecular flexibility index (Phi) is 4.12. The molecule has 3 unspecified atom stereocenters. The van der Waals surface area contributed by atoms with Crippen molar-refractivity contribution in [3.8, 4) is 0 Å². The van der Waals surface area contributed by atoms with Crippen molar-refractivity contribution in [3.63, 3.8) is 0 Å². The van der Waals surface area contributed by atoms with Crippen LogP contribution in [0.1, 0.15) is 42.6 Å². The second-order valence-corrected chi connectivity index (χ2v) is 7.38. The molecule has 4 rings (SSSR count). The molecule has 2 heterocycles. The number of carboxylic acids is 1. The maximum absolute atomic E-state index is 13.1. The first kappa shape index (κ1) is 16.3. The van der Waals surface area contributed by atoms with Gasteiger partial charge in [-0.2, -0.15) is 0 Å². The first-order valence-electron chi connectivity index (χ1n) is 8.66. The number of hydrogen-bond acceptors (Lipinski definition) is 3. The number of halogens is 1. The molecule has 6 heteroatoms. The Hall–Kier alpha value is -2.14. The number of pyridine rings is 1. The molecule has 1 aromatic carbocycles. The zero-order chi connectivity index (χ0) is 17.6. The highest BCUT2D eigenvalue weighted by Crippen LogP contribution is 2.40. The van der Waals surface area contributed by atoms with Gasteiger partial charge in [-0.3, -0.25) is 4.79 Å². The van der Waals surface area contributed by atoms with Crippen molar-refractivity contribution in [2.75, 3.05) is 0 Å². The van der Waals surface area contributed by atoms with Gasteiger partial charge in [-0.1, -0.05) is 36.6 Å². The summed E-state index contributed by atoms with van der Waals surface area (Å²) < 4.78 is 0. The molecule has 0 radical (unpaired) electrons. The van der Waals surface area contributed by atoms with E-state index in [9.17, 15) is 14.7 Å². The molecular weight excluding hydrogens is 340 g/mol. The van der Waals surface area contributed by atoms with Crippen LogP contribution >= 0.6 is 11.6 Å². The summed E-state index contributed by atoms with van der Waals surface area (Å²) in [7, 11) is 0. The second kappa shape index (κ2) is 6.30. The average Bonchev–Trinajstić information content (AvgIpc) is 3.00. The third kappa shape index (κ3) is 2.86. The number of carboxylic acid groups (broad SMARTS) is 1. The molecule has 2 aromatic rings. The molecule has 2 fully saturated rings. The Morgan fingerprint density at radius 1 is 1.16 bits per heavy atom. The van der Waals surface area contributed by atoms with Crippen molar-refractivity contribution < 1.29 is 14.7 Å². The smallest absolute Gasteiger partial charge is 0.326 e. The Balaban J connectivity index is 1.71. The SMILES string of the molecule is O=C(O)C1CC2CCCCC2N1C(=O)c1ccc2ccc(Cl)cc2n1. The number of carbonyl (C=O) groups excluding carboxylic acids is 1. The van der Waals surface area contributed by atoms with E-state index in [1.54, 1.807) is 23.1 Å². The number of amides is 1. The van der Waals surface area contributed by atoms with Crippen LogP contribution in [0.4, 0.5) is 0 Å². The van der Waals surface area contributed by atoms with Crippen molar-refractivity contribution in [1.29, 1.82) is 0 Å². The number of benzene rings is 1. The third-order valence-corrected chi connectivity index (χ3v) is 5.72. The van der Waals surface area contributed by atoms with E-state index in [0.29, 0.717) is 17.0 Å². The minimum Gasteiger partial charge on any atom is -0.480 e. The fourth-order valence-electron chi connectivity index (χ4n) is 4.31. The monoisotopic (exact) mass is 358 g/mol. The fraction of sp³-hybridized carbons (Fsp3) is 0.421. The summed E-state index contributed by atoms with van der Waals surface area (Å²) >= 11 is 6.02. The molecule has 130 valence electrons. The van der Waals surface area contributed by atoms with E-state index in [4.69, 9.17) is 11.6 Å². The van der Waals surface area contributed by atoms with Crippen molar-refractivity contribution >= 4 is 34.4 Å². The minimum absolute atomic E-state index is 0.0132. The quantitative estimate of drug-likeness (QED) is 0.887. The molecule has 0 bridgehead atoms. The average molecular weight is 359 g/mol. The Morgan fingerprint density at radius 2 is 1.92 bits per heavy atom. The predicted molar refractivity (Wildman–Crippen MR) is 94.7 cm³/mol. The van der Waals surface area contributed by atoms with Crippen molar-refractivity contribution in [2.24, 2.45) is 5.92 Å². The standard InChI is InChI=1S/C19H19ClN2O3/c20-13-7-5-11-6-8-14(21-15(11)10-13)18(23)22-16-4-2-1-3-12(16)9-17(22)19(24)25/h5-8,10,12,16-17H,1-4,9H2,(H,24,25). The Morgan fingerprint density at radius 3 is 2.72 bits per heavy atom. The molecule has 1 aliphatic carbocycles. The van der Waals surface area contributed by atoms with Gasteiger partial charge in [0.05, 0.1) is 5.52 Å². The van der Waals surface area contributed by atoms with Gasteiger partial charge in [-0.15, -0.1) is 0 Å². The molecule has 0 spiro atoms. The highest BCUT2D eigenvalue weighted by molar-refractivity contribution is 6.31. The lowest BCUT2D eigenvalue weighted by Gasteiger charge is -2.32. The summed E-state index contributed by atoms with van der Waals surface area (Å²) in [4.78, 5) is 30.8. The zero-order valence-electron chi connectivity index (χ0n) is 13.7. The number of nitrogens with zero attached hydrogens (tertiary/aromatic N) is 2. The molecule has 1 N–H and O–H groups in total. The summed E-state index contributed by atoms with van der Waals surface area (Å²) in [6.45, 7) is 0. The van der Waals surface area contributed by atoms with Gasteiger partial charge in [0.15, 0.2) is 0 Å². The van der Waals surface area contributed by atoms with E-state index in [2.05, 4.69) is 4.98 Å². The van der Waals surface area contributed by atoms with E-state index in [1.807, 2.05) is 12.1 Å². The van der Waals surface area contributed by atoms with E-state index >= 15 is 0 Å². The van der Waals surface area contributed by atoms with E-state index < -0.39 is 12.0 Å². The molecule has 1 aliphatic heterocycles. The van der Waals surface area contributed by atoms with Gasteiger partial charge in [0, 0.05) is 16.5 Å². The van der Waals surface area contributed by atoms with Crippen LogP contribution in [0.25, 0.3) is 10.9 Å². The number of hydrogen-bond donors (Lipinski definition) is 1. The number of aliphatic carboxylic acids is 1. The first-order valence-corrected chi connectivity index (χ1v) is 9.04. The second-order valence-electron chi connectivity index (χ2n) is 6.95. The molecule has 2 aliphatic rings. The van der Waals surface area contributed by atoms with Gasteiger partial charge in [0.1, 0.15) is 11.7 Å². The van der Waals surface area contributed by atoms with Gasteiger partial charge in [0.2, 0.25) is 0 Å². The van der Waals surface area contributed by atoms with Gasteiger partial charge < -0.3 is 10.0 Å². The summed E-state index contributed by atoms with van der Waals surface area (Å²) in [5.41, 5.74) is 0.928. The van der Waals surface area contributed by atoms with Crippen LogP contribution < -0.4 is 0 Å². The van der Waals surface area contributed by atoms with Crippen molar-refractivity contribution in [1.82, 2.24) is 9.88 Å². The van der Waals surface area contributed by atoms with Gasteiger partial charge >= 0.3 is 5.97 Å². The van der Waals surface area contributed by atoms with Crippen LogP contribution in [0.15, 0.2) is 30.3 Å². The number of fused-ring (bicyclic) bond motifs is 2. The molecule has 1 saturated carbocycles. The molecular formula is C19H19ClN2O3. The summed E-state index contributed by atoms with van der Waals surface area (Å²) in [5.74, 6) is -0.927. The molecule has 5 nitrogen and oxygen atoms in total. The molecule has 1 aromatic heterocycles. The van der Waals surface area contributed by atoms with Crippen LogP contribution in [-0.2, 0) is 4.79 Å². The number of likely N-dealkylation sites (tertiary alicyclic amines) is 1. The van der Waals surface area contributed by atoms with Gasteiger partial charge in [-0.25, -0.2) is 9.78 Å². The summed E-state index contributed by atoms with van der Waals surface area (Å²) in [6, 6.07) is 8.11. The third-order valence-electron chi connectivity index (χ3n) is 5.48. The molecule has 1 amide bonds. The maximum Gasteiger partial charge on any atom is 0.326 e. The van der Waals surface area contributed by atoms with Crippen LogP contribution in [-0.4, -0.2) is 39.0 Å². The lowest BCUT2D eigenvalue weighted by atomic mass is 9.84. The van der Waals surface area contributed by atoms with E-state index in [1.165, 1.54) is 0 Å². The highest BCUT2D eigenvalue weighted by atomic mass is 35.5. The predicted octanol–water partition coefficient (Wildman–Crippen LogP) is 3.75. The summed E-state index contributed by atoms with van der Waals surface area (Å²) in [5, 5.41) is 11.1. The number of carbonyl (C=O) groups is 2. The lowest BCUT2D eigenvalue weighted by molar-refractivity contribution is -0.141. The normalized spacial score (nSPS) is 25.8. The van der Waals surface area contributed by atoms with E-state index in [-0.39, 0.29) is 23.6 Å². The van der Waals surface area contributed by atoms with Crippen molar-refractivity contribution in [3.05, 3.63) is 41.0 Å².